The smallest absolute Gasteiger partial charge is 0.338 e. The molecular formula is C18H24N2O4. The number of esters is 1. The van der Waals surface area contributed by atoms with Crippen LogP contribution in [0.5, 0.6) is 0 Å². The number of ether oxygens (including phenoxy) is 1. The third-order valence-electron chi connectivity index (χ3n) is 4.23. The minimum absolute atomic E-state index is 0.166. The molecule has 1 aromatic rings. The van der Waals surface area contributed by atoms with Crippen molar-refractivity contribution >= 4 is 23.5 Å². The number of anilines is 1. The Kier molecular flexibility index (Phi) is 5.95. The zero-order chi connectivity index (χ0) is 17.7. The molecule has 1 aliphatic rings. The molecule has 1 heterocycles. The second-order valence-corrected chi connectivity index (χ2v) is 6.27. The average Bonchev–Trinajstić information content (AvgIpc) is 2.52. The third kappa shape index (κ3) is 4.57. The molecule has 0 radical (unpaired) electrons. The van der Waals surface area contributed by atoms with E-state index in [0.717, 1.165) is 19.3 Å². The van der Waals surface area contributed by atoms with E-state index in [0.29, 0.717) is 11.3 Å². The van der Waals surface area contributed by atoms with Crippen LogP contribution in [0.2, 0.25) is 0 Å². The average molecular weight is 332 g/mol. The van der Waals surface area contributed by atoms with Crippen molar-refractivity contribution in [3.05, 3.63) is 29.8 Å². The number of rotatable bonds is 4. The molecule has 6 nitrogen and oxygen atoms in total. The summed E-state index contributed by atoms with van der Waals surface area (Å²) in [6.45, 7) is 5.17. The van der Waals surface area contributed by atoms with E-state index in [-0.39, 0.29) is 30.5 Å². The molecular weight excluding hydrogens is 308 g/mol. The first-order valence-electron chi connectivity index (χ1n) is 8.24. The van der Waals surface area contributed by atoms with E-state index in [4.69, 9.17) is 4.74 Å². The van der Waals surface area contributed by atoms with Gasteiger partial charge in [-0.05, 0) is 51.3 Å². The molecule has 1 aromatic carbocycles. The first kappa shape index (κ1) is 18.0. The predicted molar refractivity (Wildman–Crippen MR) is 90.6 cm³/mol. The van der Waals surface area contributed by atoms with Gasteiger partial charge in [0.15, 0.2) is 6.61 Å². The predicted octanol–water partition coefficient (Wildman–Crippen LogP) is 2.59. The lowest BCUT2D eigenvalue weighted by molar-refractivity contribution is -0.140. The van der Waals surface area contributed by atoms with Crippen LogP contribution in [0.15, 0.2) is 24.3 Å². The lowest BCUT2D eigenvalue weighted by Gasteiger charge is -2.38. The Morgan fingerprint density at radius 3 is 2.50 bits per heavy atom. The summed E-state index contributed by atoms with van der Waals surface area (Å²) >= 11 is 0. The topological polar surface area (TPSA) is 75.7 Å². The summed E-state index contributed by atoms with van der Waals surface area (Å²) in [5.41, 5.74) is 0.815. The van der Waals surface area contributed by atoms with E-state index < -0.39 is 5.97 Å². The van der Waals surface area contributed by atoms with Crippen LogP contribution in [-0.4, -0.2) is 41.4 Å². The van der Waals surface area contributed by atoms with Gasteiger partial charge in [0.05, 0.1) is 5.56 Å². The SMILES string of the molecule is CC(=O)Nc1cccc(C(=O)OCC(=O)N2[C@H](C)CCC[C@H]2C)c1. The highest BCUT2D eigenvalue weighted by atomic mass is 16.5. The summed E-state index contributed by atoms with van der Waals surface area (Å²) in [6.07, 6.45) is 3.06. The molecule has 2 atom stereocenters. The Morgan fingerprint density at radius 1 is 1.21 bits per heavy atom. The molecule has 1 fully saturated rings. The lowest BCUT2D eigenvalue weighted by atomic mass is 9.97. The van der Waals surface area contributed by atoms with Crippen LogP contribution in [0.1, 0.15) is 50.4 Å². The maximum absolute atomic E-state index is 12.4. The molecule has 1 N–H and O–H groups in total. The molecule has 2 rings (SSSR count). The van der Waals surface area contributed by atoms with Gasteiger partial charge in [0, 0.05) is 24.7 Å². The van der Waals surface area contributed by atoms with Gasteiger partial charge in [0.2, 0.25) is 5.91 Å². The number of carbonyl (C=O) groups is 3. The largest absolute Gasteiger partial charge is 0.452 e. The van der Waals surface area contributed by atoms with E-state index in [1.54, 1.807) is 18.2 Å². The van der Waals surface area contributed by atoms with Gasteiger partial charge in [-0.1, -0.05) is 6.07 Å². The standard InChI is InChI=1S/C18H24N2O4/c1-12-6-4-7-13(2)20(12)17(22)11-24-18(23)15-8-5-9-16(10-15)19-14(3)21/h5,8-10,12-13H,4,6-7,11H2,1-3H3,(H,19,21)/t12-,13-/m1/s1. The highest BCUT2D eigenvalue weighted by Gasteiger charge is 2.29. The van der Waals surface area contributed by atoms with Gasteiger partial charge in [-0.3, -0.25) is 9.59 Å². The first-order valence-corrected chi connectivity index (χ1v) is 8.24. The Balaban J connectivity index is 1.95. The van der Waals surface area contributed by atoms with Crippen LogP contribution < -0.4 is 5.32 Å². The Labute approximate surface area is 142 Å². The summed E-state index contributed by atoms with van der Waals surface area (Å²) in [5.74, 6) is -0.960. The summed E-state index contributed by atoms with van der Waals surface area (Å²) < 4.78 is 5.16. The van der Waals surface area contributed by atoms with Crippen LogP contribution in [0.3, 0.4) is 0 Å². The third-order valence-corrected chi connectivity index (χ3v) is 4.23. The zero-order valence-electron chi connectivity index (χ0n) is 14.4. The fraction of sp³-hybridized carbons (Fsp3) is 0.500. The van der Waals surface area contributed by atoms with E-state index in [1.807, 2.05) is 18.7 Å². The van der Waals surface area contributed by atoms with Crippen LogP contribution in [0.25, 0.3) is 0 Å². The van der Waals surface area contributed by atoms with E-state index in [1.165, 1.54) is 13.0 Å². The van der Waals surface area contributed by atoms with Gasteiger partial charge >= 0.3 is 5.97 Å². The minimum atomic E-state index is -0.576. The lowest BCUT2D eigenvalue weighted by Crippen LogP contribution is -2.49. The Morgan fingerprint density at radius 2 is 1.88 bits per heavy atom. The van der Waals surface area contributed by atoms with Gasteiger partial charge in [0.25, 0.3) is 5.91 Å². The number of hydrogen-bond acceptors (Lipinski definition) is 4. The van der Waals surface area contributed by atoms with Crippen LogP contribution in [0.4, 0.5) is 5.69 Å². The van der Waals surface area contributed by atoms with Crippen molar-refractivity contribution in [2.24, 2.45) is 0 Å². The second kappa shape index (κ2) is 7.95. The normalized spacial score (nSPS) is 20.4. The Bertz CT molecular complexity index is 619. The van der Waals surface area contributed by atoms with Crippen molar-refractivity contribution in [3.8, 4) is 0 Å². The number of amides is 2. The van der Waals surface area contributed by atoms with Crippen molar-refractivity contribution in [1.82, 2.24) is 4.90 Å². The summed E-state index contributed by atoms with van der Waals surface area (Å²) in [5, 5.41) is 2.61. The van der Waals surface area contributed by atoms with Crippen LogP contribution in [0, 0.1) is 0 Å². The minimum Gasteiger partial charge on any atom is -0.452 e. The first-order chi connectivity index (χ1) is 11.4. The number of piperidine rings is 1. The highest BCUT2D eigenvalue weighted by Crippen LogP contribution is 2.22. The van der Waals surface area contributed by atoms with Gasteiger partial charge in [-0.2, -0.15) is 0 Å². The molecule has 6 heteroatoms. The number of benzene rings is 1. The van der Waals surface area contributed by atoms with Crippen molar-refractivity contribution in [3.63, 3.8) is 0 Å². The van der Waals surface area contributed by atoms with E-state index in [9.17, 15) is 14.4 Å². The molecule has 0 bridgehead atoms. The van der Waals surface area contributed by atoms with E-state index in [2.05, 4.69) is 5.32 Å². The quantitative estimate of drug-likeness (QED) is 0.860. The van der Waals surface area contributed by atoms with Gasteiger partial charge in [0.1, 0.15) is 0 Å². The molecule has 1 saturated heterocycles. The van der Waals surface area contributed by atoms with Crippen LogP contribution >= 0.6 is 0 Å². The second-order valence-electron chi connectivity index (χ2n) is 6.27. The van der Waals surface area contributed by atoms with E-state index >= 15 is 0 Å². The van der Waals surface area contributed by atoms with Crippen molar-refractivity contribution in [2.75, 3.05) is 11.9 Å². The molecule has 0 aromatic heterocycles. The molecule has 2 amide bonds. The zero-order valence-corrected chi connectivity index (χ0v) is 14.4. The number of nitrogens with one attached hydrogen (secondary N) is 1. The number of carbonyl (C=O) groups excluding carboxylic acids is 3. The summed E-state index contributed by atoms with van der Waals surface area (Å²) in [6, 6.07) is 6.79. The number of hydrogen-bond donors (Lipinski definition) is 1. The van der Waals surface area contributed by atoms with Crippen molar-refractivity contribution in [2.45, 2.75) is 52.1 Å². The van der Waals surface area contributed by atoms with Gasteiger partial charge in [-0.25, -0.2) is 4.79 Å². The van der Waals surface area contributed by atoms with Gasteiger partial charge in [-0.15, -0.1) is 0 Å². The van der Waals surface area contributed by atoms with Crippen molar-refractivity contribution < 1.29 is 19.1 Å². The molecule has 24 heavy (non-hydrogen) atoms. The monoisotopic (exact) mass is 332 g/mol. The molecule has 0 unspecified atom stereocenters. The molecule has 130 valence electrons. The molecule has 1 aliphatic heterocycles. The fourth-order valence-electron chi connectivity index (χ4n) is 3.13. The Hall–Kier alpha value is -2.37. The summed E-state index contributed by atoms with van der Waals surface area (Å²) in [4.78, 5) is 37.4. The maximum Gasteiger partial charge on any atom is 0.338 e. The molecule has 0 saturated carbocycles. The molecule has 0 aliphatic carbocycles. The fourth-order valence-corrected chi connectivity index (χ4v) is 3.13. The van der Waals surface area contributed by atoms with Crippen LogP contribution in [-0.2, 0) is 14.3 Å². The number of likely N-dealkylation sites (tertiary alicyclic amines) is 1. The van der Waals surface area contributed by atoms with Gasteiger partial charge < -0.3 is 15.0 Å². The highest BCUT2D eigenvalue weighted by molar-refractivity contribution is 5.94. The van der Waals surface area contributed by atoms with Crippen molar-refractivity contribution in [1.29, 1.82) is 0 Å². The molecule has 0 spiro atoms. The maximum atomic E-state index is 12.4. The summed E-state index contributed by atoms with van der Waals surface area (Å²) in [7, 11) is 0. The number of nitrogens with zero attached hydrogens (tertiary/aromatic N) is 1.